The molecule has 1 aliphatic rings. The van der Waals surface area contributed by atoms with Gasteiger partial charge in [-0.3, -0.25) is 4.79 Å². The summed E-state index contributed by atoms with van der Waals surface area (Å²) in [6.45, 7) is 2.19. The van der Waals surface area contributed by atoms with Crippen LogP contribution >= 0.6 is 0 Å². The van der Waals surface area contributed by atoms with E-state index in [-0.39, 0.29) is 0 Å². The number of benzene rings is 2. The molecule has 2 aromatic rings. The van der Waals surface area contributed by atoms with E-state index in [1.54, 1.807) is 0 Å². The van der Waals surface area contributed by atoms with Crippen molar-refractivity contribution in [3.63, 3.8) is 0 Å². The maximum absolute atomic E-state index is 12.1. The van der Waals surface area contributed by atoms with Gasteiger partial charge in [-0.25, -0.2) is 0 Å². The molecule has 1 unspecified atom stereocenters. The van der Waals surface area contributed by atoms with Gasteiger partial charge >= 0.3 is 0 Å². The van der Waals surface area contributed by atoms with E-state index in [0.29, 0.717) is 24.5 Å². The molecule has 1 aliphatic heterocycles. The molecule has 0 spiro atoms. The summed E-state index contributed by atoms with van der Waals surface area (Å²) >= 11 is 0. The molecule has 2 nitrogen and oxygen atoms in total. The minimum atomic E-state index is 0.319. The second-order valence-electron chi connectivity index (χ2n) is 6.13. The maximum atomic E-state index is 12.1. The smallest absolute Gasteiger partial charge is 0.137 e. The lowest BCUT2D eigenvalue weighted by molar-refractivity contribution is -0.118. The molecule has 1 fully saturated rings. The van der Waals surface area contributed by atoms with Gasteiger partial charge in [-0.05, 0) is 42.0 Å². The standard InChI is InChI=1S/C20H23NO/c22-20(11-8-16-4-2-1-3-5-16)14-17-6-9-18(10-7-17)19-12-13-21-15-19/h1-7,9-10,19,21H,8,11-15H2. The first kappa shape index (κ1) is 15.0. The Kier molecular flexibility index (Phi) is 5.02. The average Bonchev–Trinajstić information content (AvgIpc) is 3.09. The highest BCUT2D eigenvalue weighted by molar-refractivity contribution is 5.81. The summed E-state index contributed by atoms with van der Waals surface area (Å²) in [5, 5.41) is 3.40. The molecule has 0 bridgehead atoms. The number of hydrogen-bond acceptors (Lipinski definition) is 2. The van der Waals surface area contributed by atoms with Gasteiger partial charge in [-0.15, -0.1) is 0 Å². The van der Waals surface area contributed by atoms with Gasteiger partial charge in [0.1, 0.15) is 5.78 Å². The van der Waals surface area contributed by atoms with Crippen LogP contribution in [0, 0.1) is 0 Å². The first-order valence-electron chi connectivity index (χ1n) is 8.16. The molecule has 1 saturated heterocycles. The van der Waals surface area contributed by atoms with Crippen LogP contribution in [0.5, 0.6) is 0 Å². The van der Waals surface area contributed by atoms with Crippen LogP contribution in [0.25, 0.3) is 0 Å². The fourth-order valence-electron chi connectivity index (χ4n) is 3.09. The fraction of sp³-hybridized carbons (Fsp3) is 0.350. The summed E-state index contributed by atoms with van der Waals surface area (Å²) in [6.07, 6.45) is 3.23. The zero-order valence-corrected chi connectivity index (χ0v) is 12.9. The van der Waals surface area contributed by atoms with E-state index in [9.17, 15) is 4.79 Å². The Bertz CT molecular complexity index is 597. The minimum absolute atomic E-state index is 0.319. The number of hydrogen-bond donors (Lipinski definition) is 1. The molecule has 1 heterocycles. The first-order valence-corrected chi connectivity index (χ1v) is 8.16. The van der Waals surface area contributed by atoms with Crippen LogP contribution < -0.4 is 5.32 Å². The highest BCUT2D eigenvalue weighted by atomic mass is 16.1. The molecular formula is C20H23NO. The second kappa shape index (κ2) is 7.37. The average molecular weight is 293 g/mol. The second-order valence-corrected chi connectivity index (χ2v) is 6.13. The number of carbonyl (C=O) groups is 1. The van der Waals surface area contributed by atoms with Crippen LogP contribution in [0.1, 0.15) is 35.4 Å². The molecule has 0 aromatic heterocycles. The Morgan fingerprint density at radius 2 is 1.77 bits per heavy atom. The molecule has 0 amide bonds. The highest BCUT2D eigenvalue weighted by Crippen LogP contribution is 2.22. The molecule has 114 valence electrons. The van der Waals surface area contributed by atoms with Gasteiger partial charge in [0.25, 0.3) is 0 Å². The number of nitrogens with one attached hydrogen (secondary N) is 1. The summed E-state index contributed by atoms with van der Waals surface area (Å²) < 4.78 is 0. The van der Waals surface area contributed by atoms with Gasteiger partial charge < -0.3 is 5.32 Å². The number of ketones is 1. The normalized spacial score (nSPS) is 17.5. The van der Waals surface area contributed by atoms with Gasteiger partial charge in [0.2, 0.25) is 0 Å². The van der Waals surface area contributed by atoms with Crippen molar-refractivity contribution in [1.29, 1.82) is 0 Å². The monoisotopic (exact) mass is 293 g/mol. The van der Waals surface area contributed by atoms with Crippen molar-refractivity contribution in [2.24, 2.45) is 0 Å². The Balaban J connectivity index is 1.50. The largest absolute Gasteiger partial charge is 0.316 e. The maximum Gasteiger partial charge on any atom is 0.137 e. The topological polar surface area (TPSA) is 29.1 Å². The molecule has 1 atom stereocenters. The summed E-state index contributed by atoms with van der Waals surface area (Å²) in [5.74, 6) is 0.960. The molecule has 3 rings (SSSR count). The number of rotatable bonds is 6. The van der Waals surface area contributed by atoms with Gasteiger partial charge in [0, 0.05) is 19.4 Å². The zero-order chi connectivity index (χ0) is 15.2. The quantitative estimate of drug-likeness (QED) is 0.883. The van der Waals surface area contributed by atoms with E-state index in [0.717, 1.165) is 25.1 Å². The SMILES string of the molecule is O=C(CCc1ccccc1)Cc1ccc(C2CCNC2)cc1. The van der Waals surface area contributed by atoms with E-state index in [4.69, 9.17) is 0 Å². The third-order valence-corrected chi connectivity index (χ3v) is 4.45. The lowest BCUT2D eigenvalue weighted by atomic mass is 9.96. The predicted molar refractivity (Wildman–Crippen MR) is 90.1 cm³/mol. The Hall–Kier alpha value is -1.93. The summed E-state index contributed by atoms with van der Waals surface area (Å²) in [6, 6.07) is 18.8. The fourth-order valence-corrected chi connectivity index (χ4v) is 3.09. The first-order chi connectivity index (χ1) is 10.8. The van der Waals surface area contributed by atoms with Crippen molar-refractivity contribution >= 4 is 5.78 Å². The third-order valence-electron chi connectivity index (χ3n) is 4.45. The van der Waals surface area contributed by atoms with Crippen molar-refractivity contribution in [1.82, 2.24) is 5.32 Å². The highest BCUT2D eigenvalue weighted by Gasteiger charge is 2.16. The Morgan fingerprint density at radius 1 is 1.00 bits per heavy atom. The van der Waals surface area contributed by atoms with Crippen LogP contribution in [0.2, 0.25) is 0 Å². The van der Waals surface area contributed by atoms with Crippen LogP contribution in [0.4, 0.5) is 0 Å². The lowest BCUT2D eigenvalue weighted by Crippen LogP contribution is -2.08. The summed E-state index contributed by atoms with van der Waals surface area (Å²) in [4.78, 5) is 12.1. The van der Waals surface area contributed by atoms with Gasteiger partial charge in [0.05, 0.1) is 0 Å². The van der Waals surface area contributed by atoms with Gasteiger partial charge in [0.15, 0.2) is 0 Å². The van der Waals surface area contributed by atoms with Crippen molar-refractivity contribution < 1.29 is 4.79 Å². The molecule has 0 radical (unpaired) electrons. The Morgan fingerprint density at radius 3 is 2.45 bits per heavy atom. The number of carbonyl (C=O) groups excluding carboxylic acids is 1. The number of Topliss-reactive ketones (excluding diaryl/α,β-unsaturated/α-hetero) is 1. The van der Waals surface area contributed by atoms with Gasteiger partial charge in [-0.2, -0.15) is 0 Å². The van der Waals surface area contributed by atoms with Crippen molar-refractivity contribution in [3.05, 3.63) is 71.3 Å². The minimum Gasteiger partial charge on any atom is -0.316 e. The van der Waals surface area contributed by atoms with E-state index in [1.165, 1.54) is 17.5 Å². The van der Waals surface area contributed by atoms with E-state index >= 15 is 0 Å². The summed E-state index contributed by atoms with van der Waals surface area (Å²) in [5.41, 5.74) is 3.76. The summed E-state index contributed by atoms with van der Waals surface area (Å²) in [7, 11) is 0. The van der Waals surface area contributed by atoms with Gasteiger partial charge in [-0.1, -0.05) is 54.6 Å². The van der Waals surface area contributed by atoms with E-state index in [1.807, 2.05) is 18.2 Å². The Labute approximate surface area is 132 Å². The molecule has 2 aromatic carbocycles. The molecule has 2 heteroatoms. The zero-order valence-electron chi connectivity index (χ0n) is 12.9. The molecule has 0 aliphatic carbocycles. The number of aryl methyl sites for hydroxylation is 1. The van der Waals surface area contributed by atoms with E-state index in [2.05, 4.69) is 41.7 Å². The van der Waals surface area contributed by atoms with E-state index < -0.39 is 0 Å². The van der Waals surface area contributed by atoms with Crippen molar-refractivity contribution in [3.8, 4) is 0 Å². The predicted octanol–water partition coefficient (Wildman–Crippen LogP) is 3.51. The van der Waals surface area contributed by atoms with Crippen molar-refractivity contribution in [2.45, 2.75) is 31.6 Å². The van der Waals surface area contributed by atoms with Crippen LogP contribution in [-0.4, -0.2) is 18.9 Å². The van der Waals surface area contributed by atoms with Crippen molar-refractivity contribution in [2.75, 3.05) is 13.1 Å². The van der Waals surface area contributed by atoms with Crippen LogP contribution in [0.3, 0.4) is 0 Å². The van der Waals surface area contributed by atoms with Crippen LogP contribution in [-0.2, 0) is 17.6 Å². The third kappa shape index (κ3) is 4.05. The molecule has 0 saturated carbocycles. The van der Waals surface area contributed by atoms with Crippen LogP contribution in [0.15, 0.2) is 54.6 Å². The lowest BCUT2D eigenvalue weighted by Gasteiger charge is -2.09. The molecular weight excluding hydrogens is 270 g/mol. The molecule has 22 heavy (non-hydrogen) atoms. The molecule has 1 N–H and O–H groups in total.